The predicted octanol–water partition coefficient (Wildman–Crippen LogP) is 1.54. The van der Waals surface area contributed by atoms with Crippen molar-refractivity contribution in [3.8, 4) is 0 Å². The summed E-state index contributed by atoms with van der Waals surface area (Å²) in [6, 6.07) is 0. The van der Waals surface area contributed by atoms with Gasteiger partial charge in [-0.25, -0.2) is 0 Å². The summed E-state index contributed by atoms with van der Waals surface area (Å²) in [7, 11) is 0. The minimum Gasteiger partial charge on any atom is -0.332 e. The number of likely N-dealkylation sites (N-methyl/N-ethyl adjacent to an activating group) is 1. The Morgan fingerprint density at radius 1 is 1.50 bits per heavy atom. The molecule has 6 heteroatoms. The molecule has 1 amide bonds. The number of alkyl halides is 3. The van der Waals surface area contributed by atoms with Crippen LogP contribution in [0.2, 0.25) is 0 Å². The number of hydrogen-bond donors (Lipinski definition) is 1. The van der Waals surface area contributed by atoms with Gasteiger partial charge in [-0.2, -0.15) is 13.2 Å². The van der Waals surface area contributed by atoms with Crippen LogP contribution in [0, 0.1) is 0 Å². The number of carbonyl (C=O) groups is 1. The van der Waals surface area contributed by atoms with Crippen LogP contribution < -0.4 is 5.32 Å². The second-order valence-corrected chi connectivity index (χ2v) is 4.30. The van der Waals surface area contributed by atoms with E-state index in [9.17, 15) is 18.0 Å². The minimum atomic E-state index is -4.33. The van der Waals surface area contributed by atoms with Crippen LogP contribution in [-0.2, 0) is 4.79 Å². The van der Waals surface area contributed by atoms with Crippen LogP contribution in [-0.4, -0.2) is 42.2 Å². The lowest BCUT2D eigenvalue weighted by atomic mass is 9.98. The molecule has 3 nitrogen and oxygen atoms in total. The largest absolute Gasteiger partial charge is 0.406 e. The molecule has 1 fully saturated rings. The van der Waals surface area contributed by atoms with Crippen molar-refractivity contribution in [3.05, 3.63) is 0 Å². The minimum absolute atomic E-state index is 0.0790. The van der Waals surface area contributed by atoms with Crippen LogP contribution in [0.1, 0.15) is 26.7 Å². The first-order chi connectivity index (χ1) is 7.28. The van der Waals surface area contributed by atoms with E-state index in [1.165, 1.54) is 0 Å². The fourth-order valence-electron chi connectivity index (χ4n) is 1.97. The molecule has 0 aromatic rings. The third-order valence-corrected chi connectivity index (χ3v) is 2.88. The highest BCUT2D eigenvalue weighted by molar-refractivity contribution is 5.86. The predicted molar refractivity (Wildman–Crippen MR) is 54.0 cm³/mol. The van der Waals surface area contributed by atoms with Gasteiger partial charge in [0.1, 0.15) is 6.54 Å². The Balaban J connectivity index is 2.69. The molecule has 1 saturated heterocycles. The summed E-state index contributed by atoms with van der Waals surface area (Å²) < 4.78 is 36.8. The van der Waals surface area contributed by atoms with Gasteiger partial charge in [0.15, 0.2) is 0 Å². The highest BCUT2D eigenvalue weighted by Crippen LogP contribution is 2.24. The summed E-state index contributed by atoms with van der Waals surface area (Å²) in [6.07, 6.45) is -2.91. The van der Waals surface area contributed by atoms with Crippen LogP contribution in [0.5, 0.6) is 0 Å². The number of amides is 1. The van der Waals surface area contributed by atoms with Crippen LogP contribution in [0.3, 0.4) is 0 Å². The van der Waals surface area contributed by atoms with Gasteiger partial charge in [0, 0.05) is 6.54 Å². The van der Waals surface area contributed by atoms with Gasteiger partial charge in [-0.15, -0.1) is 0 Å². The van der Waals surface area contributed by atoms with Crippen molar-refractivity contribution in [1.82, 2.24) is 10.2 Å². The summed E-state index contributed by atoms with van der Waals surface area (Å²) in [5.74, 6) is -0.454. The van der Waals surface area contributed by atoms with E-state index in [2.05, 4.69) is 5.32 Å². The Bertz CT molecular complexity index is 259. The Labute approximate surface area is 93.0 Å². The number of carbonyl (C=O) groups excluding carboxylic acids is 1. The lowest BCUT2D eigenvalue weighted by molar-refractivity contribution is -0.164. The highest BCUT2D eigenvalue weighted by atomic mass is 19.4. The van der Waals surface area contributed by atoms with E-state index in [1.54, 1.807) is 13.8 Å². The zero-order valence-electron chi connectivity index (χ0n) is 9.52. The molecule has 1 heterocycles. The fraction of sp³-hybridized carbons (Fsp3) is 0.900. The molecule has 16 heavy (non-hydrogen) atoms. The number of rotatable bonds is 3. The van der Waals surface area contributed by atoms with Crippen LogP contribution >= 0.6 is 0 Å². The topological polar surface area (TPSA) is 32.3 Å². The molecule has 0 aromatic carbocycles. The molecule has 0 aliphatic carbocycles. The number of hydrogen-bond acceptors (Lipinski definition) is 2. The Morgan fingerprint density at radius 3 is 2.50 bits per heavy atom. The number of nitrogens with one attached hydrogen (secondary N) is 1. The summed E-state index contributed by atoms with van der Waals surface area (Å²) in [6.45, 7) is 2.82. The molecule has 0 spiro atoms. The maximum atomic E-state index is 12.3. The molecule has 1 atom stereocenters. The molecule has 0 bridgehead atoms. The van der Waals surface area contributed by atoms with Crippen molar-refractivity contribution in [1.29, 1.82) is 0 Å². The number of halogens is 3. The van der Waals surface area contributed by atoms with Crippen LogP contribution in [0.15, 0.2) is 0 Å². The molecular formula is C10H17F3N2O. The second kappa shape index (κ2) is 4.61. The van der Waals surface area contributed by atoms with E-state index in [4.69, 9.17) is 0 Å². The quantitative estimate of drug-likeness (QED) is 0.809. The van der Waals surface area contributed by atoms with Crippen molar-refractivity contribution >= 4 is 5.91 Å². The summed E-state index contributed by atoms with van der Waals surface area (Å²) >= 11 is 0. The lowest BCUT2D eigenvalue weighted by Crippen LogP contribution is -2.54. The maximum Gasteiger partial charge on any atom is 0.406 e. The van der Waals surface area contributed by atoms with Crippen molar-refractivity contribution < 1.29 is 18.0 Å². The molecule has 0 radical (unpaired) electrons. The van der Waals surface area contributed by atoms with Crippen molar-refractivity contribution in [2.75, 3.05) is 19.6 Å². The molecule has 0 saturated carbocycles. The smallest absolute Gasteiger partial charge is 0.332 e. The lowest BCUT2D eigenvalue weighted by Gasteiger charge is -2.31. The maximum absolute atomic E-state index is 12.3. The van der Waals surface area contributed by atoms with Crippen LogP contribution in [0.25, 0.3) is 0 Å². The van der Waals surface area contributed by atoms with E-state index in [1.807, 2.05) is 0 Å². The van der Waals surface area contributed by atoms with Gasteiger partial charge in [-0.05, 0) is 33.2 Å². The van der Waals surface area contributed by atoms with Gasteiger partial charge in [0.2, 0.25) is 5.91 Å². The summed E-state index contributed by atoms with van der Waals surface area (Å²) in [5.41, 5.74) is -0.818. The van der Waals surface area contributed by atoms with Crippen molar-refractivity contribution in [2.45, 2.75) is 38.4 Å². The second-order valence-electron chi connectivity index (χ2n) is 4.30. The highest BCUT2D eigenvalue weighted by Gasteiger charge is 2.41. The third-order valence-electron chi connectivity index (χ3n) is 2.88. The first-order valence-corrected chi connectivity index (χ1v) is 5.39. The van der Waals surface area contributed by atoms with Gasteiger partial charge >= 0.3 is 6.18 Å². The number of nitrogens with zero attached hydrogens (tertiary/aromatic N) is 1. The average Bonchev–Trinajstić information content (AvgIpc) is 2.60. The molecule has 94 valence electrons. The van der Waals surface area contributed by atoms with E-state index in [-0.39, 0.29) is 6.54 Å². The van der Waals surface area contributed by atoms with E-state index in [0.29, 0.717) is 13.0 Å². The fourth-order valence-corrected chi connectivity index (χ4v) is 1.97. The molecule has 1 rings (SSSR count). The molecule has 1 aliphatic heterocycles. The van der Waals surface area contributed by atoms with Gasteiger partial charge in [0.25, 0.3) is 0 Å². The zero-order chi connectivity index (χ0) is 12.4. The summed E-state index contributed by atoms with van der Waals surface area (Å²) in [4.78, 5) is 12.8. The van der Waals surface area contributed by atoms with Gasteiger partial charge in [-0.3, -0.25) is 4.79 Å². The molecular weight excluding hydrogens is 221 g/mol. The standard InChI is InChI=1S/C10H17F3N2O/c1-3-15(7-10(11,12)13)8(16)9(2)5-4-6-14-9/h14H,3-7H2,1-2H3. The Kier molecular flexibility index (Phi) is 3.83. The Hall–Kier alpha value is -0.780. The van der Waals surface area contributed by atoms with E-state index < -0.39 is 24.2 Å². The molecule has 1 aliphatic rings. The van der Waals surface area contributed by atoms with E-state index in [0.717, 1.165) is 11.3 Å². The average molecular weight is 238 g/mol. The first-order valence-electron chi connectivity index (χ1n) is 5.39. The Morgan fingerprint density at radius 2 is 2.12 bits per heavy atom. The monoisotopic (exact) mass is 238 g/mol. The summed E-state index contributed by atoms with van der Waals surface area (Å²) in [5, 5.41) is 2.97. The van der Waals surface area contributed by atoms with Gasteiger partial charge < -0.3 is 10.2 Å². The SMILES string of the molecule is CCN(CC(F)(F)F)C(=O)C1(C)CCCN1. The third kappa shape index (κ3) is 3.10. The van der Waals surface area contributed by atoms with E-state index >= 15 is 0 Å². The van der Waals surface area contributed by atoms with Gasteiger partial charge in [0.05, 0.1) is 5.54 Å². The molecule has 1 unspecified atom stereocenters. The van der Waals surface area contributed by atoms with Crippen LogP contribution in [0.4, 0.5) is 13.2 Å². The van der Waals surface area contributed by atoms with Gasteiger partial charge in [-0.1, -0.05) is 0 Å². The zero-order valence-corrected chi connectivity index (χ0v) is 9.52. The van der Waals surface area contributed by atoms with Crippen molar-refractivity contribution in [2.24, 2.45) is 0 Å². The molecule has 0 aromatic heterocycles. The first kappa shape index (κ1) is 13.3. The normalized spacial score (nSPS) is 25.8. The van der Waals surface area contributed by atoms with Crippen molar-refractivity contribution in [3.63, 3.8) is 0 Å². The molecule has 1 N–H and O–H groups in total.